The summed E-state index contributed by atoms with van der Waals surface area (Å²) in [5, 5.41) is 17.0. The molecule has 2 atom stereocenters. The monoisotopic (exact) mass is 335 g/mol. The SMILES string of the molecule is Cc1noc(C(OCC(O)CNC(C)(C)C)Oc2ccccc2)n1. The van der Waals surface area contributed by atoms with Crippen molar-refractivity contribution in [3.63, 3.8) is 0 Å². The van der Waals surface area contributed by atoms with Gasteiger partial charge in [0, 0.05) is 12.1 Å². The molecule has 0 saturated carbocycles. The van der Waals surface area contributed by atoms with E-state index in [2.05, 4.69) is 15.5 Å². The van der Waals surface area contributed by atoms with Crippen molar-refractivity contribution in [3.05, 3.63) is 42.0 Å². The van der Waals surface area contributed by atoms with Crippen LogP contribution in [-0.4, -0.2) is 40.0 Å². The molecule has 2 rings (SSSR count). The fraction of sp³-hybridized carbons (Fsp3) is 0.529. The highest BCUT2D eigenvalue weighted by molar-refractivity contribution is 5.21. The van der Waals surface area contributed by atoms with Crippen molar-refractivity contribution in [3.8, 4) is 5.75 Å². The molecule has 0 spiro atoms. The number of hydrogen-bond donors (Lipinski definition) is 2. The molecule has 0 saturated heterocycles. The number of β-amino-alcohol motifs (C(OH)–C–C–N with tert-alkyl or cyclic N) is 1. The Labute approximate surface area is 142 Å². The van der Waals surface area contributed by atoms with Crippen LogP contribution in [0.4, 0.5) is 0 Å². The van der Waals surface area contributed by atoms with Crippen molar-refractivity contribution in [1.82, 2.24) is 15.5 Å². The Bertz CT molecular complexity index is 610. The van der Waals surface area contributed by atoms with Crippen LogP contribution in [0.5, 0.6) is 5.75 Å². The molecule has 0 radical (unpaired) electrons. The quantitative estimate of drug-likeness (QED) is 0.715. The first-order chi connectivity index (χ1) is 11.3. The number of hydrogen-bond acceptors (Lipinski definition) is 7. The minimum absolute atomic E-state index is 0.0714. The van der Waals surface area contributed by atoms with Crippen LogP contribution < -0.4 is 10.1 Å². The Morgan fingerprint density at radius 2 is 1.96 bits per heavy atom. The first-order valence-corrected chi connectivity index (χ1v) is 7.90. The first kappa shape index (κ1) is 18.4. The highest BCUT2D eigenvalue weighted by Crippen LogP contribution is 2.22. The summed E-state index contributed by atoms with van der Waals surface area (Å²) in [7, 11) is 0. The fourth-order valence-corrected chi connectivity index (χ4v) is 1.87. The number of aliphatic hydroxyl groups excluding tert-OH is 1. The largest absolute Gasteiger partial charge is 0.455 e. The normalized spacial score (nSPS) is 14.4. The van der Waals surface area contributed by atoms with Crippen molar-refractivity contribution >= 4 is 0 Å². The maximum atomic E-state index is 10.1. The molecular formula is C17H25N3O4. The molecule has 0 aliphatic heterocycles. The predicted octanol–water partition coefficient (Wildman–Crippen LogP) is 2.22. The predicted molar refractivity (Wildman–Crippen MR) is 88.6 cm³/mol. The molecule has 0 bridgehead atoms. The molecule has 7 nitrogen and oxygen atoms in total. The van der Waals surface area contributed by atoms with Crippen molar-refractivity contribution < 1.29 is 19.1 Å². The molecule has 0 aliphatic carbocycles. The molecule has 7 heteroatoms. The molecule has 2 unspecified atom stereocenters. The summed E-state index contributed by atoms with van der Waals surface area (Å²) in [6.07, 6.45) is -1.56. The lowest BCUT2D eigenvalue weighted by molar-refractivity contribution is -0.123. The van der Waals surface area contributed by atoms with Gasteiger partial charge in [-0.05, 0) is 39.8 Å². The Kier molecular flexibility index (Phi) is 6.30. The summed E-state index contributed by atoms with van der Waals surface area (Å²) >= 11 is 0. The molecule has 24 heavy (non-hydrogen) atoms. The van der Waals surface area contributed by atoms with E-state index in [4.69, 9.17) is 14.0 Å². The van der Waals surface area contributed by atoms with Crippen molar-refractivity contribution in [2.75, 3.05) is 13.2 Å². The standard InChI is InChI=1S/C17H25N3O4/c1-12-19-15(24-20-12)16(23-14-8-6-5-7-9-14)22-11-13(21)10-18-17(2,3)4/h5-9,13,16,18,21H,10-11H2,1-4H3. The van der Waals surface area contributed by atoms with Gasteiger partial charge in [0.25, 0.3) is 12.2 Å². The van der Waals surface area contributed by atoms with Gasteiger partial charge in [-0.3, -0.25) is 0 Å². The van der Waals surface area contributed by atoms with E-state index in [0.29, 0.717) is 18.1 Å². The zero-order valence-electron chi connectivity index (χ0n) is 14.5. The minimum Gasteiger partial charge on any atom is -0.455 e. The number of aromatic nitrogens is 2. The van der Waals surface area contributed by atoms with E-state index < -0.39 is 12.4 Å². The third-order valence-electron chi connectivity index (χ3n) is 3.04. The smallest absolute Gasteiger partial charge is 0.296 e. The van der Waals surface area contributed by atoms with Gasteiger partial charge < -0.3 is 24.4 Å². The summed E-state index contributed by atoms with van der Waals surface area (Å²) in [5.74, 6) is 1.32. The maximum absolute atomic E-state index is 10.1. The second kappa shape index (κ2) is 8.23. The molecule has 1 aromatic carbocycles. The second-order valence-electron chi connectivity index (χ2n) is 6.56. The van der Waals surface area contributed by atoms with E-state index in [-0.39, 0.29) is 18.0 Å². The topological polar surface area (TPSA) is 89.6 Å². The van der Waals surface area contributed by atoms with Gasteiger partial charge >= 0.3 is 0 Å². The molecule has 132 valence electrons. The summed E-state index contributed by atoms with van der Waals surface area (Å²) < 4.78 is 16.6. The molecule has 0 fully saturated rings. The van der Waals surface area contributed by atoms with Gasteiger partial charge in [0.2, 0.25) is 0 Å². The number of aliphatic hydroxyl groups is 1. The first-order valence-electron chi connectivity index (χ1n) is 7.90. The zero-order valence-corrected chi connectivity index (χ0v) is 14.5. The highest BCUT2D eigenvalue weighted by Gasteiger charge is 2.23. The number of para-hydroxylation sites is 1. The number of benzene rings is 1. The number of rotatable bonds is 8. The molecule has 1 aromatic heterocycles. The Balaban J connectivity index is 1.96. The number of ether oxygens (including phenoxy) is 2. The van der Waals surface area contributed by atoms with Crippen LogP contribution >= 0.6 is 0 Å². The van der Waals surface area contributed by atoms with Gasteiger partial charge in [-0.15, -0.1) is 0 Å². The van der Waals surface area contributed by atoms with Crippen molar-refractivity contribution in [2.24, 2.45) is 0 Å². The van der Waals surface area contributed by atoms with E-state index in [1.807, 2.05) is 39.0 Å². The minimum atomic E-state index is -0.877. The van der Waals surface area contributed by atoms with Crippen LogP contribution in [0.2, 0.25) is 0 Å². The van der Waals surface area contributed by atoms with Crippen molar-refractivity contribution in [1.29, 1.82) is 0 Å². The Hall–Kier alpha value is -1.96. The van der Waals surface area contributed by atoms with E-state index >= 15 is 0 Å². The number of nitrogens with one attached hydrogen (secondary N) is 1. The van der Waals surface area contributed by atoms with Crippen LogP contribution in [0.3, 0.4) is 0 Å². The van der Waals surface area contributed by atoms with Gasteiger partial charge in [0.15, 0.2) is 5.82 Å². The number of nitrogens with zero attached hydrogens (tertiary/aromatic N) is 2. The Morgan fingerprint density at radius 3 is 2.54 bits per heavy atom. The average Bonchev–Trinajstić information content (AvgIpc) is 2.96. The van der Waals surface area contributed by atoms with E-state index in [1.165, 1.54) is 0 Å². The zero-order chi connectivity index (χ0) is 17.6. The van der Waals surface area contributed by atoms with Gasteiger partial charge in [-0.1, -0.05) is 23.4 Å². The van der Waals surface area contributed by atoms with E-state index in [9.17, 15) is 5.11 Å². The lowest BCUT2D eigenvalue weighted by Gasteiger charge is -2.23. The van der Waals surface area contributed by atoms with Crippen molar-refractivity contribution in [2.45, 2.75) is 45.6 Å². The summed E-state index contributed by atoms with van der Waals surface area (Å²) in [4.78, 5) is 4.15. The Morgan fingerprint density at radius 1 is 1.25 bits per heavy atom. The fourth-order valence-electron chi connectivity index (χ4n) is 1.87. The van der Waals surface area contributed by atoms with Gasteiger partial charge in [0.05, 0.1) is 12.7 Å². The second-order valence-corrected chi connectivity index (χ2v) is 6.56. The van der Waals surface area contributed by atoms with Crippen LogP contribution in [0.25, 0.3) is 0 Å². The maximum Gasteiger partial charge on any atom is 0.296 e. The summed E-state index contributed by atoms with van der Waals surface area (Å²) in [6.45, 7) is 8.29. The van der Waals surface area contributed by atoms with Crippen LogP contribution in [0.15, 0.2) is 34.9 Å². The molecular weight excluding hydrogens is 310 g/mol. The lowest BCUT2D eigenvalue weighted by atomic mass is 10.1. The average molecular weight is 335 g/mol. The van der Waals surface area contributed by atoms with Crippen LogP contribution in [0.1, 0.15) is 38.8 Å². The van der Waals surface area contributed by atoms with Gasteiger partial charge in [0.1, 0.15) is 5.75 Å². The third-order valence-corrected chi connectivity index (χ3v) is 3.04. The number of aryl methyl sites for hydroxylation is 1. The van der Waals surface area contributed by atoms with Gasteiger partial charge in [-0.2, -0.15) is 4.98 Å². The summed E-state index contributed by atoms with van der Waals surface area (Å²) in [6, 6.07) is 9.21. The molecule has 2 aromatic rings. The van der Waals surface area contributed by atoms with Crippen LogP contribution in [0, 0.1) is 6.92 Å². The molecule has 0 aliphatic rings. The molecule has 0 amide bonds. The van der Waals surface area contributed by atoms with E-state index in [0.717, 1.165) is 0 Å². The highest BCUT2D eigenvalue weighted by atomic mass is 16.7. The van der Waals surface area contributed by atoms with E-state index in [1.54, 1.807) is 19.1 Å². The van der Waals surface area contributed by atoms with Gasteiger partial charge in [-0.25, -0.2) is 0 Å². The lowest BCUT2D eigenvalue weighted by Crippen LogP contribution is -2.42. The third kappa shape index (κ3) is 6.27. The molecule has 1 heterocycles. The van der Waals surface area contributed by atoms with Crippen LogP contribution in [-0.2, 0) is 4.74 Å². The molecule has 2 N–H and O–H groups in total. The summed E-state index contributed by atoms with van der Waals surface area (Å²) in [5.41, 5.74) is -0.0789.